The highest BCUT2D eigenvalue weighted by Crippen LogP contribution is 2.49. The molecule has 1 N–H and O–H groups in total. The third-order valence-corrected chi connectivity index (χ3v) is 7.82. The Kier molecular flexibility index (Phi) is 5.10. The molecule has 1 saturated carbocycles. The lowest BCUT2D eigenvalue weighted by Gasteiger charge is -2.36. The van der Waals surface area contributed by atoms with Crippen molar-refractivity contribution in [3.63, 3.8) is 0 Å². The Morgan fingerprint density at radius 1 is 1.20 bits per heavy atom. The monoisotopic (exact) mass is 494 g/mol. The van der Waals surface area contributed by atoms with Gasteiger partial charge in [0.1, 0.15) is 5.82 Å². The molecule has 7 nitrogen and oxygen atoms in total. The molecule has 180 valence electrons. The number of carbonyl (C=O) groups excluding carboxylic acids is 1. The fourth-order valence-corrected chi connectivity index (χ4v) is 5.84. The van der Waals surface area contributed by atoms with Crippen molar-refractivity contribution in [1.29, 1.82) is 0 Å². The first-order chi connectivity index (χ1) is 16.8. The Morgan fingerprint density at radius 2 is 2.03 bits per heavy atom. The van der Waals surface area contributed by atoms with Crippen molar-refractivity contribution in [2.45, 2.75) is 44.7 Å². The molecule has 3 aromatic heterocycles. The highest BCUT2D eigenvalue weighted by molar-refractivity contribution is 7.15. The van der Waals surface area contributed by atoms with E-state index in [4.69, 9.17) is 9.97 Å². The Labute approximate surface area is 204 Å². The van der Waals surface area contributed by atoms with E-state index in [9.17, 15) is 13.6 Å². The third-order valence-electron chi connectivity index (χ3n) is 6.89. The van der Waals surface area contributed by atoms with E-state index >= 15 is 0 Å². The maximum Gasteiger partial charge on any atom is 0.317 e. The Hall–Kier alpha value is -3.40. The smallest absolute Gasteiger partial charge is 0.317 e. The van der Waals surface area contributed by atoms with Crippen LogP contribution in [0.5, 0.6) is 0 Å². The van der Waals surface area contributed by atoms with Crippen LogP contribution >= 0.6 is 11.3 Å². The van der Waals surface area contributed by atoms with E-state index in [1.807, 2.05) is 43.6 Å². The van der Waals surface area contributed by atoms with Crippen molar-refractivity contribution in [3.05, 3.63) is 53.2 Å². The van der Waals surface area contributed by atoms with Gasteiger partial charge in [-0.1, -0.05) is 18.2 Å². The average molecular weight is 495 g/mol. The van der Waals surface area contributed by atoms with E-state index in [2.05, 4.69) is 14.9 Å². The van der Waals surface area contributed by atoms with Gasteiger partial charge in [0, 0.05) is 62.2 Å². The summed E-state index contributed by atoms with van der Waals surface area (Å²) in [5.41, 5.74) is 3.36. The molecule has 2 aliphatic rings. The zero-order chi connectivity index (χ0) is 24.3. The lowest BCUT2D eigenvalue weighted by molar-refractivity contribution is -0.0892. The summed E-state index contributed by atoms with van der Waals surface area (Å²) in [6, 6.07) is 7.87. The molecule has 0 radical (unpaired) electrons. The molecule has 1 fully saturated rings. The summed E-state index contributed by atoms with van der Waals surface area (Å²) in [5, 5.41) is 5.61. The van der Waals surface area contributed by atoms with Gasteiger partial charge in [-0.3, -0.25) is 4.98 Å². The fraction of sp³-hybridized carbons (Fsp3) is 0.360. The van der Waals surface area contributed by atoms with Crippen molar-refractivity contribution >= 4 is 28.1 Å². The number of pyridine rings is 1. The molecule has 0 atom stereocenters. The summed E-state index contributed by atoms with van der Waals surface area (Å²) in [5.74, 6) is -2.22. The zero-order valence-electron chi connectivity index (χ0n) is 19.4. The van der Waals surface area contributed by atoms with E-state index in [1.165, 1.54) is 0 Å². The van der Waals surface area contributed by atoms with Crippen LogP contribution in [0.15, 0.2) is 36.7 Å². The van der Waals surface area contributed by atoms with Crippen LogP contribution in [0, 0.1) is 6.92 Å². The number of aromatic nitrogens is 4. The van der Waals surface area contributed by atoms with E-state index < -0.39 is 5.92 Å². The fourth-order valence-electron chi connectivity index (χ4n) is 5.09. The number of aryl methyl sites for hydroxylation is 1. The van der Waals surface area contributed by atoms with Gasteiger partial charge in [0.25, 0.3) is 0 Å². The van der Waals surface area contributed by atoms with Crippen LogP contribution in [-0.4, -0.2) is 50.0 Å². The summed E-state index contributed by atoms with van der Waals surface area (Å²) >= 11 is 1.59. The predicted octanol–water partition coefficient (Wildman–Crippen LogP) is 5.20. The highest BCUT2D eigenvalue weighted by Gasteiger charge is 2.48. The second-order valence-corrected chi connectivity index (χ2v) is 10.4. The third kappa shape index (κ3) is 3.76. The van der Waals surface area contributed by atoms with Crippen molar-refractivity contribution in [1.82, 2.24) is 29.7 Å². The first-order valence-corrected chi connectivity index (χ1v) is 12.4. The lowest BCUT2D eigenvalue weighted by atomic mass is 9.80. The van der Waals surface area contributed by atoms with Crippen LogP contribution in [0.25, 0.3) is 32.6 Å². The zero-order valence-corrected chi connectivity index (χ0v) is 20.2. The molecule has 0 bridgehead atoms. The topological polar surface area (TPSA) is 75.9 Å². The van der Waals surface area contributed by atoms with Gasteiger partial charge in [-0.15, -0.1) is 11.3 Å². The minimum Gasteiger partial charge on any atom is -0.341 e. The number of nitrogens with one attached hydrogen (secondary N) is 1. The van der Waals surface area contributed by atoms with E-state index in [0.29, 0.717) is 25.5 Å². The number of amides is 2. The first-order valence-electron chi connectivity index (χ1n) is 11.6. The van der Waals surface area contributed by atoms with Crippen LogP contribution in [0.3, 0.4) is 0 Å². The number of thiazole rings is 1. The molecule has 6 rings (SSSR count). The molecule has 0 saturated heterocycles. The number of benzene rings is 1. The Balaban J connectivity index is 1.47. The Bertz CT molecular complexity index is 1450. The van der Waals surface area contributed by atoms with Crippen LogP contribution < -0.4 is 5.32 Å². The van der Waals surface area contributed by atoms with Gasteiger partial charge < -0.3 is 14.8 Å². The van der Waals surface area contributed by atoms with Crippen molar-refractivity contribution < 1.29 is 13.6 Å². The number of hydrogen-bond acceptors (Lipinski definition) is 5. The summed E-state index contributed by atoms with van der Waals surface area (Å²) in [4.78, 5) is 29.1. The Morgan fingerprint density at radius 3 is 2.74 bits per heavy atom. The number of nitrogens with zero attached hydrogens (tertiary/aromatic N) is 5. The average Bonchev–Trinajstić information content (AvgIpc) is 3.44. The SMILES string of the molecule is CNC(=O)N1CCn2c(C3CC(F)(F)C3)nc(-c3cccc4cc(-c5cnc(C)s5)ncc34)c2C1. The molecule has 4 heterocycles. The number of imidazole rings is 1. The lowest BCUT2D eigenvalue weighted by Crippen LogP contribution is -2.43. The minimum atomic E-state index is -2.63. The van der Waals surface area contributed by atoms with E-state index in [0.717, 1.165) is 43.3 Å². The van der Waals surface area contributed by atoms with Crippen LogP contribution in [-0.2, 0) is 13.1 Å². The number of carbonyl (C=O) groups is 1. The van der Waals surface area contributed by atoms with Crippen molar-refractivity contribution in [2.75, 3.05) is 13.6 Å². The number of halogens is 2. The van der Waals surface area contributed by atoms with Crippen LogP contribution in [0.1, 0.15) is 35.3 Å². The molecule has 2 amide bonds. The molecule has 1 aliphatic heterocycles. The molecule has 0 spiro atoms. The van der Waals surface area contributed by atoms with Gasteiger partial charge in [0.2, 0.25) is 5.92 Å². The largest absolute Gasteiger partial charge is 0.341 e. The molecular formula is C25H24F2N6OS. The maximum atomic E-state index is 13.7. The van der Waals surface area contributed by atoms with Gasteiger partial charge >= 0.3 is 6.03 Å². The van der Waals surface area contributed by atoms with Gasteiger partial charge in [-0.05, 0) is 18.4 Å². The summed E-state index contributed by atoms with van der Waals surface area (Å²) < 4.78 is 29.5. The van der Waals surface area contributed by atoms with Crippen molar-refractivity contribution in [2.24, 2.45) is 0 Å². The molecule has 4 aromatic rings. The minimum absolute atomic E-state index is 0.163. The number of hydrogen-bond donors (Lipinski definition) is 1. The normalized spacial score (nSPS) is 17.3. The molecule has 0 unspecified atom stereocenters. The summed E-state index contributed by atoms with van der Waals surface area (Å²) in [6.07, 6.45) is 3.31. The second-order valence-electron chi connectivity index (χ2n) is 9.19. The summed E-state index contributed by atoms with van der Waals surface area (Å²) in [7, 11) is 1.61. The number of urea groups is 1. The van der Waals surface area contributed by atoms with E-state index in [-0.39, 0.29) is 24.8 Å². The van der Waals surface area contributed by atoms with Gasteiger partial charge in [-0.2, -0.15) is 0 Å². The molecule has 1 aliphatic carbocycles. The van der Waals surface area contributed by atoms with Gasteiger partial charge in [-0.25, -0.2) is 23.5 Å². The first kappa shape index (κ1) is 22.1. The molecular weight excluding hydrogens is 470 g/mol. The van der Waals surface area contributed by atoms with Crippen LogP contribution in [0.2, 0.25) is 0 Å². The summed E-state index contributed by atoms with van der Waals surface area (Å²) in [6.45, 7) is 3.37. The highest BCUT2D eigenvalue weighted by atomic mass is 32.1. The maximum absolute atomic E-state index is 13.7. The van der Waals surface area contributed by atoms with Gasteiger partial charge in [0.15, 0.2) is 0 Å². The molecule has 1 aromatic carbocycles. The molecule has 10 heteroatoms. The number of rotatable bonds is 3. The van der Waals surface area contributed by atoms with Crippen LogP contribution in [0.4, 0.5) is 13.6 Å². The van der Waals surface area contributed by atoms with Gasteiger partial charge in [0.05, 0.1) is 33.5 Å². The second kappa shape index (κ2) is 8.08. The number of fused-ring (bicyclic) bond motifs is 2. The molecule has 35 heavy (non-hydrogen) atoms. The standard InChI is InChI=1S/C25H24F2N6OS/c1-14-29-12-21(35-14)19-8-15-4-3-5-17(18(15)11-30-19)22-20-13-32(24(34)28-2)6-7-33(20)23(31-22)16-9-25(26,27)10-16/h3-5,8,11-12,16H,6-7,9-10,13H2,1-2H3,(H,28,34). The quantitative estimate of drug-likeness (QED) is 0.425. The van der Waals surface area contributed by atoms with E-state index in [1.54, 1.807) is 23.3 Å². The number of alkyl halides is 2. The van der Waals surface area contributed by atoms with Crippen molar-refractivity contribution in [3.8, 4) is 21.8 Å². The predicted molar refractivity (Wildman–Crippen MR) is 131 cm³/mol.